The van der Waals surface area contributed by atoms with Crippen molar-refractivity contribution in [1.82, 2.24) is 14.5 Å². The summed E-state index contributed by atoms with van der Waals surface area (Å²) in [5.41, 5.74) is 0.0157. The largest absolute Gasteiger partial charge is 0.329 e. The summed E-state index contributed by atoms with van der Waals surface area (Å²) in [6.07, 6.45) is 12.9. The number of rotatable bonds is 10. The zero-order valence-corrected chi connectivity index (χ0v) is 14.9. The maximum absolute atomic E-state index is 12.8. The van der Waals surface area contributed by atoms with Crippen LogP contribution >= 0.6 is 0 Å². The van der Waals surface area contributed by atoms with Crippen LogP contribution in [0, 0.1) is 0 Å². The molecule has 1 unspecified atom stereocenters. The van der Waals surface area contributed by atoms with Crippen molar-refractivity contribution in [2.75, 3.05) is 0 Å². The van der Waals surface area contributed by atoms with Gasteiger partial charge in [0.2, 0.25) is 0 Å². The lowest BCUT2D eigenvalue weighted by atomic mass is 10.0. The van der Waals surface area contributed by atoms with Gasteiger partial charge in [-0.25, -0.2) is 4.79 Å². The third kappa shape index (κ3) is 4.56. The van der Waals surface area contributed by atoms with Gasteiger partial charge in [-0.1, -0.05) is 58.8 Å². The molecule has 2 rings (SSSR count). The van der Waals surface area contributed by atoms with E-state index in [1.807, 2.05) is 0 Å². The van der Waals surface area contributed by atoms with Crippen LogP contribution in [-0.4, -0.2) is 14.5 Å². The van der Waals surface area contributed by atoms with E-state index in [1.165, 1.54) is 36.4 Å². The summed E-state index contributed by atoms with van der Waals surface area (Å²) in [5.74, 6) is 0. The smallest absolute Gasteiger partial charge is 0.305 e. The van der Waals surface area contributed by atoms with Crippen LogP contribution in [-0.2, 0) is 0 Å². The highest BCUT2D eigenvalue weighted by Crippen LogP contribution is 2.20. The van der Waals surface area contributed by atoms with E-state index in [-0.39, 0.29) is 17.3 Å². The van der Waals surface area contributed by atoms with E-state index in [9.17, 15) is 9.59 Å². The Bertz CT molecular complexity index is 748. The lowest BCUT2D eigenvalue weighted by molar-refractivity contribution is 0.382. The highest BCUT2D eigenvalue weighted by Gasteiger charge is 2.17. The predicted molar refractivity (Wildman–Crippen MR) is 98.6 cm³/mol. The summed E-state index contributed by atoms with van der Waals surface area (Å²) in [4.78, 5) is 32.1. The van der Waals surface area contributed by atoms with E-state index >= 15 is 0 Å². The minimum absolute atomic E-state index is 0.0135. The van der Waals surface area contributed by atoms with Crippen LogP contribution in [0.5, 0.6) is 0 Å². The summed E-state index contributed by atoms with van der Waals surface area (Å²) < 4.78 is 1.44. The Morgan fingerprint density at radius 2 is 1.75 bits per heavy atom. The molecule has 1 N–H and O–H groups in total. The Morgan fingerprint density at radius 3 is 2.50 bits per heavy atom. The molecule has 24 heavy (non-hydrogen) atoms. The number of fused-ring (bicyclic) bond motifs is 1. The standard InChI is InChI=1S/C19H29N3O2/c1-3-5-7-8-9-11-15(10-6-4-2)22-18(23)16-12-13-20-14-17(16)21-19(22)24/h12-15H,3-11H2,1-2H3,(H,21,24). The van der Waals surface area contributed by atoms with E-state index in [4.69, 9.17) is 0 Å². The molecular weight excluding hydrogens is 302 g/mol. The molecule has 0 saturated carbocycles. The average Bonchev–Trinajstić information content (AvgIpc) is 2.58. The van der Waals surface area contributed by atoms with Crippen molar-refractivity contribution in [2.45, 2.75) is 77.7 Å². The molecule has 2 heterocycles. The van der Waals surface area contributed by atoms with Gasteiger partial charge in [0.15, 0.2) is 0 Å². The van der Waals surface area contributed by atoms with Crippen LogP contribution in [0.1, 0.15) is 77.7 Å². The number of aromatic amines is 1. The van der Waals surface area contributed by atoms with Crippen LogP contribution in [0.4, 0.5) is 0 Å². The number of hydrogen-bond acceptors (Lipinski definition) is 3. The van der Waals surface area contributed by atoms with Crippen molar-refractivity contribution in [3.63, 3.8) is 0 Å². The Hall–Kier alpha value is -1.91. The number of unbranched alkanes of at least 4 members (excludes halogenated alkanes) is 5. The monoisotopic (exact) mass is 331 g/mol. The molecule has 0 aliphatic rings. The van der Waals surface area contributed by atoms with Gasteiger partial charge in [-0.15, -0.1) is 0 Å². The molecule has 0 amide bonds. The lowest BCUT2D eigenvalue weighted by Gasteiger charge is -2.19. The van der Waals surface area contributed by atoms with E-state index in [2.05, 4.69) is 23.8 Å². The molecule has 2 aromatic heterocycles. The summed E-state index contributed by atoms with van der Waals surface area (Å²) in [7, 11) is 0. The van der Waals surface area contributed by atoms with Crippen molar-refractivity contribution >= 4 is 10.9 Å². The molecule has 132 valence electrons. The topological polar surface area (TPSA) is 67.8 Å². The van der Waals surface area contributed by atoms with Crippen LogP contribution in [0.15, 0.2) is 28.0 Å². The van der Waals surface area contributed by atoms with Crippen molar-refractivity contribution < 1.29 is 0 Å². The fourth-order valence-corrected chi connectivity index (χ4v) is 3.24. The highest BCUT2D eigenvalue weighted by molar-refractivity contribution is 5.75. The first-order valence-corrected chi connectivity index (χ1v) is 9.27. The summed E-state index contributed by atoms with van der Waals surface area (Å²) in [5, 5.41) is 0.539. The van der Waals surface area contributed by atoms with E-state index in [1.54, 1.807) is 12.3 Å². The molecule has 0 aliphatic carbocycles. The van der Waals surface area contributed by atoms with Crippen molar-refractivity contribution in [3.8, 4) is 0 Å². The lowest BCUT2D eigenvalue weighted by Crippen LogP contribution is -2.38. The summed E-state index contributed by atoms with van der Waals surface area (Å²) >= 11 is 0. The molecule has 0 bridgehead atoms. The molecule has 0 fully saturated rings. The quantitative estimate of drug-likeness (QED) is 0.664. The van der Waals surface area contributed by atoms with Crippen LogP contribution in [0.25, 0.3) is 10.9 Å². The minimum atomic E-state index is -0.310. The molecule has 0 aliphatic heterocycles. The first-order chi connectivity index (χ1) is 11.7. The van der Waals surface area contributed by atoms with Gasteiger partial charge in [0, 0.05) is 12.2 Å². The predicted octanol–water partition coefficient (Wildman–Crippen LogP) is 4.18. The zero-order chi connectivity index (χ0) is 17.4. The fourth-order valence-electron chi connectivity index (χ4n) is 3.24. The molecule has 0 radical (unpaired) electrons. The Labute approximate surface area is 143 Å². The minimum Gasteiger partial charge on any atom is -0.305 e. The zero-order valence-electron chi connectivity index (χ0n) is 14.9. The maximum atomic E-state index is 12.8. The van der Waals surface area contributed by atoms with Crippen molar-refractivity contribution in [1.29, 1.82) is 0 Å². The van der Waals surface area contributed by atoms with Crippen LogP contribution in [0.3, 0.4) is 0 Å². The normalized spacial score (nSPS) is 12.6. The third-order valence-corrected chi connectivity index (χ3v) is 4.63. The van der Waals surface area contributed by atoms with Crippen LogP contribution in [0.2, 0.25) is 0 Å². The Kier molecular flexibility index (Phi) is 7.22. The Morgan fingerprint density at radius 1 is 1.04 bits per heavy atom. The SMILES string of the molecule is CCCCCCCC(CCCC)n1c(=O)[nH]c2cnccc2c1=O. The molecule has 5 heteroatoms. The summed E-state index contributed by atoms with van der Waals surface area (Å²) in [6.45, 7) is 4.34. The van der Waals surface area contributed by atoms with Gasteiger partial charge >= 0.3 is 5.69 Å². The number of aromatic nitrogens is 3. The molecule has 0 aromatic carbocycles. The number of hydrogen-bond donors (Lipinski definition) is 1. The molecule has 1 atom stereocenters. The van der Waals surface area contributed by atoms with Gasteiger partial charge in [0.25, 0.3) is 5.56 Å². The molecule has 5 nitrogen and oxygen atoms in total. The second-order valence-electron chi connectivity index (χ2n) is 6.53. The van der Waals surface area contributed by atoms with E-state index in [0.717, 1.165) is 32.1 Å². The first-order valence-electron chi connectivity index (χ1n) is 9.27. The maximum Gasteiger partial charge on any atom is 0.329 e. The van der Waals surface area contributed by atoms with Gasteiger partial charge in [0.1, 0.15) is 0 Å². The van der Waals surface area contributed by atoms with Gasteiger partial charge in [-0.05, 0) is 18.9 Å². The van der Waals surface area contributed by atoms with Gasteiger partial charge < -0.3 is 4.98 Å². The second-order valence-corrected chi connectivity index (χ2v) is 6.53. The molecule has 2 aromatic rings. The fraction of sp³-hybridized carbons (Fsp3) is 0.632. The molecule has 0 spiro atoms. The average molecular weight is 331 g/mol. The third-order valence-electron chi connectivity index (χ3n) is 4.63. The number of nitrogens with zero attached hydrogens (tertiary/aromatic N) is 2. The van der Waals surface area contributed by atoms with E-state index < -0.39 is 0 Å². The number of nitrogens with one attached hydrogen (secondary N) is 1. The van der Waals surface area contributed by atoms with E-state index in [0.29, 0.717) is 10.9 Å². The number of H-pyrrole nitrogens is 1. The molecule has 0 saturated heterocycles. The number of pyridine rings is 1. The first kappa shape index (κ1) is 18.4. The van der Waals surface area contributed by atoms with Crippen molar-refractivity contribution in [2.24, 2.45) is 0 Å². The molecular formula is C19H29N3O2. The van der Waals surface area contributed by atoms with Crippen LogP contribution < -0.4 is 11.2 Å². The van der Waals surface area contributed by atoms with Gasteiger partial charge in [0.05, 0.1) is 17.1 Å². The van der Waals surface area contributed by atoms with Crippen molar-refractivity contribution in [3.05, 3.63) is 39.3 Å². The van der Waals surface area contributed by atoms with Gasteiger partial charge in [-0.2, -0.15) is 0 Å². The Balaban J connectivity index is 2.26. The van der Waals surface area contributed by atoms with Gasteiger partial charge in [-0.3, -0.25) is 14.3 Å². The summed E-state index contributed by atoms with van der Waals surface area (Å²) in [6, 6.07) is 1.67. The highest BCUT2D eigenvalue weighted by atomic mass is 16.2. The second kappa shape index (κ2) is 9.40.